The van der Waals surface area contributed by atoms with Crippen molar-refractivity contribution < 1.29 is 0 Å². The SMILES string of the molecule is N=C1CC=NCC1. The van der Waals surface area contributed by atoms with E-state index >= 15 is 0 Å². The molecular formula is C5H8N2. The Labute approximate surface area is 42.8 Å². The maximum absolute atomic E-state index is 7.10. The van der Waals surface area contributed by atoms with Gasteiger partial charge in [-0.2, -0.15) is 0 Å². The van der Waals surface area contributed by atoms with Gasteiger partial charge in [-0.1, -0.05) is 0 Å². The molecule has 38 valence electrons. The van der Waals surface area contributed by atoms with Crippen LogP contribution in [0.5, 0.6) is 0 Å². The van der Waals surface area contributed by atoms with Crippen LogP contribution >= 0.6 is 0 Å². The van der Waals surface area contributed by atoms with Gasteiger partial charge in [0.05, 0.1) is 0 Å². The third-order valence-corrected chi connectivity index (χ3v) is 1.01. The average Bonchev–Trinajstić information content (AvgIpc) is 1.69. The Morgan fingerprint density at radius 2 is 2.57 bits per heavy atom. The molecule has 2 nitrogen and oxygen atoms in total. The zero-order valence-corrected chi connectivity index (χ0v) is 4.15. The first-order chi connectivity index (χ1) is 3.39. The van der Waals surface area contributed by atoms with Gasteiger partial charge >= 0.3 is 0 Å². The Balaban J connectivity index is 2.47. The quantitative estimate of drug-likeness (QED) is 0.464. The van der Waals surface area contributed by atoms with Gasteiger partial charge in [-0.25, -0.2) is 0 Å². The van der Waals surface area contributed by atoms with E-state index in [9.17, 15) is 0 Å². The van der Waals surface area contributed by atoms with Crippen molar-refractivity contribution in [2.45, 2.75) is 12.8 Å². The predicted octanol–water partition coefficient (Wildman–Crippen LogP) is 0.871. The van der Waals surface area contributed by atoms with Crippen LogP contribution in [0.2, 0.25) is 0 Å². The maximum Gasteiger partial charge on any atom is 0.0437 e. The summed E-state index contributed by atoms with van der Waals surface area (Å²) in [6.45, 7) is 0.832. The second kappa shape index (κ2) is 1.87. The van der Waals surface area contributed by atoms with Crippen molar-refractivity contribution in [3.63, 3.8) is 0 Å². The van der Waals surface area contributed by atoms with Gasteiger partial charge in [0.15, 0.2) is 0 Å². The Bertz CT molecular complexity index is 105. The van der Waals surface area contributed by atoms with Gasteiger partial charge < -0.3 is 5.41 Å². The van der Waals surface area contributed by atoms with Crippen LogP contribution < -0.4 is 0 Å². The third-order valence-electron chi connectivity index (χ3n) is 1.01. The molecule has 7 heavy (non-hydrogen) atoms. The minimum atomic E-state index is 0.778. The van der Waals surface area contributed by atoms with Gasteiger partial charge in [0.25, 0.3) is 0 Å². The van der Waals surface area contributed by atoms with Crippen LogP contribution in [0.15, 0.2) is 4.99 Å². The van der Waals surface area contributed by atoms with E-state index < -0.39 is 0 Å². The van der Waals surface area contributed by atoms with Crippen molar-refractivity contribution in [2.75, 3.05) is 6.54 Å². The lowest BCUT2D eigenvalue weighted by molar-refractivity contribution is 0.996. The van der Waals surface area contributed by atoms with Gasteiger partial charge in [0, 0.05) is 31.3 Å². The molecule has 0 aromatic carbocycles. The fraction of sp³-hybridized carbons (Fsp3) is 0.600. The summed E-state index contributed by atoms with van der Waals surface area (Å²) < 4.78 is 0. The van der Waals surface area contributed by atoms with E-state index in [-0.39, 0.29) is 0 Å². The van der Waals surface area contributed by atoms with Gasteiger partial charge in [-0.05, 0) is 0 Å². The van der Waals surface area contributed by atoms with Gasteiger partial charge in [-0.15, -0.1) is 0 Å². The molecule has 0 fully saturated rings. The first-order valence-electron chi connectivity index (χ1n) is 2.44. The number of aliphatic imine (C=N–C) groups is 1. The molecule has 2 heteroatoms. The fourth-order valence-electron chi connectivity index (χ4n) is 0.568. The summed E-state index contributed by atoms with van der Waals surface area (Å²) >= 11 is 0. The molecule has 0 bridgehead atoms. The molecule has 1 aliphatic heterocycles. The minimum absolute atomic E-state index is 0.778. The summed E-state index contributed by atoms with van der Waals surface area (Å²) in [7, 11) is 0. The second-order valence-electron chi connectivity index (χ2n) is 1.65. The van der Waals surface area contributed by atoms with E-state index in [0.717, 1.165) is 25.1 Å². The van der Waals surface area contributed by atoms with Crippen LogP contribution in [0, 0.1) is 5.41 Å². The molecule has 0 spiro atoms. The van der Waals surface area contributed by atoms with Crippen molar-refractivity contribution in [2.24, 2.45) is 4.99 Å². The van der Waals surface area contributed by atoms with Crippen LogP contribution in [0.3, 0.4) is 0 Å². The van der Waals surface area contributed by atoms with Crippen LogP contribution in [-0.4, -0.2) is 18.5 Å². The van der Waals surface area contributed by atoms with E-state index in [4.69, 9.17) is 5.41 Å². The third kappa shape index (κ3) is 1.11. The summed E-state index contributed by atoms with van der Waals surface area (Å²) in [4.78, 5) is 3.96. The summed E-state index contributed by atoms with van der Waals surface area (Å²) in [6, 6.07) is 0. The maximum atomic E-state index is 7.10. The number of nitrogens with one attached hydrogen (secondary N) is 1. The minimum Gasteiger partial charge on any atom is -0.309 e. The molecule has 0 unspecified atom stereocenters. The Morgan fingerprint density at radius 1 is 1.71 bits per heavy atom. The van der Waals surface area contributed by atoms with E-state index in [1.54, 1.807) is 0 Å². The smallest absolute Gasteiger partial charge is 0.0437 e. The lowest BCUT2D eigenvalue weighted by Gasteiger charge is -2.00. The summed E-state index contributed by atoms with van der Waals surface area (Å²) in [5, 5.41) is 7.10. The molecule has 0 aliphatic carbocycles. The van der Waals surface area contributed by atoms with Crippen LogP contribution in [0.4, 0.5) is 0 Å². The van der Waals surface area contributed by atoms with Gasteiger partial charge in [-0.3, -0.25) is 4.99 Å². The molecule has 0 amide bonds. The molecule has 0 aromatic heterocycles. The van der Waals surface area contributed by atoms with Gasteiger partial charge in [0.1, 0.15) is 0 Å². The first kappa shape index (κ1) is 4.50. The fourth-order valence-corrected chi connectivity index (χ4v) is 0.568. The zero-order valence-electron chi connectivity index (χ0n) is 4.15. The van der Waals surface area contributed by atoms with Crippen molar-refractivity contribution >= 4 is 11.9 Å². The Morgan fingerprint density at radius 3 is 2.86 bits per heavy atom. The van der Waals surface area contributed by atoms with Crippen molar-refractivity contribution in [3.05, 3.63) is 0 Å². The Kier molecular flexibility index (Phi) is 1.20. The standard InChI is InChI=1S/C5H8N2/c6-5-1-3-7-4-2-5/h3,6H,1-2,4H2. The highest BCUT2D eigenvalue weighted by Gasteiger charge is 1.96. The topological polar surface area (TPSA) is 36.2 Å². The molecule has 1 rings (SSSR count). The summed E-state index contributed by atoms with van der Waals surface area (Å²) in [5.74, 6) is 0. The molecule has 0 aromatic rings. The monoisotopic (exact) mass is 96.1 g/mol. The second-order valence-corrected chi connectivity index (χ2v) is 1.65. The van der Waals surface area contributed by atoms with E-state index in [1.807, 2.05) is 6.21 Å². The van der Waals surface area contributed by atoms with Crippen LogP contribution in [0.25, 0.3) is 0 Å². The molecule has 1 N–H and O–H groups in total. The lowest BCUT2D eigenvalue weighted by Crippen LogP contribution is -2.04. The highest BCUT2D eigenvalue weighted by molar-refractivity contribution is 5.94. The van der Waals surface area contributed by atoms with Crippen molar-refractivity contribution in [3.8, 4) is 0 Å². The molecule has 1 heterocycles. The molecular weight excluding hydrogens is 88.1 g/mol. The molecule has 1 aliphatic rings. The normalized spacial score (nSPS) is 20.3. The lowest BCUT2D eigenvalue weighted by atomic mass is 10.2. The number of hydrogen-bond acceptors (Lipinski definition) is 2. The van der Waals surface area contributed by atoms with Crippen molar-refractivity contribution in [1.82, 2.24) is 0 Å². The largest absolute Gasteiger partial charge is 0.309 e. The van der Waals surface area contributed by atoms with E-state index in [2.05, 4.69) is 4.99 Å². The molecule has 0 atom stereocenters. The highest BCUT2D eigenvalue weighted by atomic mass is 14.7. The predicted molar refractivity (Wildman–Crippen MR) is 30.3 cm³/mol. The van der Waals surface area contributed by atoms with Gasteiger partial charge in [0.2, 0.25) is 0 Å². The number of rotatable bonds is 0. The summed E-state index contributed by atoms with van der Waals surface area (Å²) in [6.07, 6.45) is 3.46. The van der Waals surface area contributed by atoms with E-state index in [0.29, 0.717) is 0 Å². The van der Waals surface area contributed by atoms with Crippen LogP contribution in [0.1, 0.15) is 12.8 Å². The average molecular weight is 96.1 g/mol. The zero-order chi connectivity index (χ0) is 5.11. The molecule has 0 saturated carbocycles. The number of hydrogen-bond donors (Lipinski definition) is 1. The highest BCUT2D eigenvalue weighted by Crippen LogP contribution is 1.94. The molecule has 0 radical (unpaired) electrons. The van der Waals surface area contributed by atoms with Crippen LogP contribution in [-0.2, 0) is 0 Å². The first-order valence-corrected chi connectivity index (χ1v) is 2.44. The Hall–Kier alpha value is -0.660. The number of nitrogens with zero attached hydrogens (tertiary/aromatic N) is 1. The summed E-state index contributed by atoms with van der Waals surface area (Å²) in [5.41, 5.74) is 0.815. The van der Waals surface area contributed by atoms with Crippen molar-refractivity contribution in [1.29, 1.82) is 5.41 Å². The molecule has 0 saturated heterocycles. The van der Waals surface area contributed by atoms with E-state index in [1.165, 1.54) is 0 Å².